The summed E-state index contributed by atoms with van der Waals surface area (Å²) in [7, 11) is 6.31. The van der Waals surface area contributed by atoms with Gasteiger partial charge in [-0.25, -0.2) is 0 Å². The van der Waals surface area contributed by atoms with Crippen molar-refractivity contribution in [3.63, 3.8) is 0 Å². The molecule has 0 aliphatic heterocycles. The number of amides is 1. The highest BCUT2D eigenvalue weighted by Gasteiger charge is 2.16. The van der Waals surface area contributed by atoms with Crippen molar-refractivity contribution in [1.29, 1.82) is 0 Å². The van der Waals surface area contributed by atoms with Gasteiger partial charge in [0.05, 0.1) is 32.4 Å². The number of hydrogen-bond donors (Lipinski definition) is 1. The smallest absolute Gasteiger partial charge is 0.252 e. The Labute approximate surface area is 162 Å². The second kappa shape index (κ2) is 8.04. The maximum Gasteiger partial charge on any atom is 0.252 e. The summed E-state index contributed by atoms with van der Waals surface area (Å²) in [6.07, 6.45) is 0. The number of benzene rings is 2. The van der Waals surface area contributed by atoms with Crippen molar-refractivity contribution in [2.75, 3.05) is 21.3 Å². The number of aryl methyl sites for hydroxylation is 1. The Hall–Kier alpha value is -3.48. The lowest BCUT2D eigenvalue weighted by Crippen LogP contribution is -2.26. The molecule has 1 N–H and O–H groups in total. The molecular formula is C21H22N2O5. The number of carbonyl (C=O) groups excluding carboxylic acids is 1. The third-order valence-electron chi connectivity index (χ3n) is 4.62. The van der Waals surface area contributed by atoms with Gasteiger partial charge in [-0.3, -0.25) is 9.59 Å². The Morgan fingerprint density at radius 3 is 2.29 bits per heavy atom. The molecule has 0 saturated carbocycles. The zero-order chi connectivity index (χ0) is 20.3. The van der Waals surface area contributed by atoms with E-state index in [2.05, 4.69) is 5.32 Å². The Bertz CT molecular complexity index is 1090. The number of fused-ring (bicyclic) bond motifs is 1. The number of ether oxygens (including phenoxy) is 3. The molecule has 146 valence electrons. The first-order valence-electron chi connectivity index (χ1n) is 8.66. The molecule has 0 bridgehead atoms. The average Bonchev–Trinajstić information content (AvgIpc) is 2.73. The predicted molar refractivity (Wildman–Crippen MR) is 106 cm³/mol. The number of pyridine rings is 1. The van der Waals surface area contributed by atoms with Crippen molar-refractivity contribution >= 4 is 16.8 Å². The quantitative estimate of drug-likeness (QED) is 0.709. The Balaban J connectivity index is 1.92. The molecule has 28 heavy (non-hydrogen) atoms. The van der Waals surface area contributed by atoms with E-state index in [-0.39, 0.29) is 18.0 Å². The first-order valence-corrected chi connectivity index (χ1v) is 8.66. The lowest BCUT2D eigenvalue weighted by Gasteiger charge is -2.15. The summed E-state index contributed by atoms with van der Waals surface area (Å²) in [5.41, 5.74) is 1.51. The lowest BCUT2D eigenvalue weighted by molar-refractivity contribution is 0.0952. The van der Waals surface area contributed by atoms with Gasteiger partial charge < -0.3 is 24.1 Å². The van der Waals surface area contributed by atoms with Gasteiger partial charge in [0.15, 0.2) is 11.5 Å². The van der Waals surface area contributed by atoms with E-state index in [1.807, 2.05) is 24.3 Å². The van der Waals surface area contributed by atoms with Gasteiger partial charge in [-0.2, -0.15) is 0 Å². The third-order valence-corrected chi connectivity index (χ3v) is 4.62. The molecule has 0 aliphatic rings. The number of nitrogens with one attached hydrogen (secondary N) is 1. The molecule has 0 atom stereocenters. The summed E-state index contributed by atoms with van der Waals surface area (Å²) in [5.74, 6) is 1.29. The predicted octanol–water partition coefficient (Wildman–Crippen LogP) is 2.49. The number of rotatable bonds is 6. The first kappa shape index (κ1) is 19.3. The molecular weight excluding hydrogens is 360 g/mol. The van der Waals surface area contributed by atoms with E-state index in [1.54, 1.807) is 40.5 Å². The van der Waals surface area contributed by atoms with Crippen molar-refractivity contribution in [1.82, 2.24) is 9.88 Å². The number of methoxy groups -OCH3 is 3. The SMILES string of the molecule is COc1cc(OC)c(OC)cc1CNC(=O)c1cc(=O)n(C)c2ccccc12. The van der Waals surface area contributed by atoms with Gasteiger partial charge in [0.25, 0.3) is 11.5 Å². The van der Waals surface area contributed by atoms with Crippen molar-refractivity contribution in [2.24, 2.45) is 7.05 Å². The molecule has 0 spiro atoms. The molecule has 0 radical (unpaired) electrons. The number of nitrogens with zero attached hydrogens (tertiary/aromatic N) is 1. The number of para-hydroxylation sites is 1. The Kier molecular flexibility index (Phi) is 5.54. The molecule has 3 aromatic rings. The van der Waals surface area contributed by atoms with E-state index in [0.717, 1.165) is 5.56 Å². The average molecular weight is 382 g/mol. The highest BCUT2D eigenvalue weighted by molar-refractivity contribution is 6.06. The van der Waals surface area contributed by atoms with Crippen LogP contribution in [0.2, 0.25) is 0 Å². The van der Waals surface area contributed by atoms with Crippen LogP contribution in [-0.4, -0.2) is 31.8 Å². The number of hydrogen-bond acceptors (Lipinski definition) is 5. The lowest BCUT2D eigenvalue weighted by atomic mass is 10.1. The summed E-state index contributed by atoms with van der Waals surface area (Å²) in [4.78, 5) is 25.0. The highest BCUT2D eigenvalue weighted by Crippen LogP contribution is 2.34. The topological polar surface area (TPSA) is 78.8 Å². The van der Waals surface area contributed by atoms with Gasteiger partial charge >= 0.3 is 0 Å². The minimum absolute atomic E-state index is 0.200. The van der Waals surface area contributed by atoms with Gasteiger partial charge in [0.2, 0.25) is 0 Å². The summed E-state index contributed by atoms with van der Waals surface area (Å²) < 4.78 is 17.5. The van der Waals surface area contributed by atoms with Crippen LogP contribution in [0, 0.1) is 0 Å². The van der Waals surface area contributed by atoms with Crippen molar-refractivity contribution in [2.45, 2.75) is 6.54 Å². The fourth-order valence-electron chi connectivity index (χ4n) is 3.10. The monoisotopic (exact) mass is 382 g/mol. The van der Waals surface area contributed by atoms with Crippen LogP contribution in [0.4, 0.5) is 0 Å². The van der Waals surface area contributed by atoms with Gasteiger partial charge in [0.1, 0.15) is 5.75 Å². The first-order chi connectivity index (χ1) is 13.5. The van der Waals surface area contributed by atoms with Crippen LogP contribution >= 0.6 is 0 Å². The molecule has 1 heterocycles. The van der Waals surface area contributed by atoms with Crippen molar-refractivity contribution < 1.29 is 19.0 Å². The maximum absolute atomic E-state index is 12.8. The van der Waals surface area contributed by atoms with E-state index in [4.69, 9.17) is 14.2 Å². The minimum atomic E-state index is -0.342. The van der Waals surface area contributed by atoms with Crippen LogP contribution in [0.1, 0.15) is 15.9 Å². The van der Waals surface area contributed by atoms with E-state index in [1.165, 1.54) is 10.6 Å². The zero-order valence-corrected chi connectivity index (χ0v) is 16.2. The largest absolute Gasteiger partial charge is 0.496 e. The summed E-state index contributed by atoms with van der Waals surface area (Å²) in [5, 5.41) is 3.56. The standard InChI is InChI=1S/C21H22N2O5/c1-23-16-8-6-5-7-14(16)15(10-20(23)24)21(25)22-12-13-9-18(27-3)19(28-4)11-17(13)26-2/h5-11H,12H2,1-4H3,(H,22,25). The van der Waals surface area contributed by atoms with Crippen LogP contribution in [-0.2, 0) is 13.6 Å². The molecule has 0 aliphatic carbocycles. The normalized spacial score (nSPS) is 10.6. The molecule has 2 aromatic carbocycles. The molecule has 0 fully saturated rings. The fourth-order valence-corrected chi connectivity index (χ4v) is 3.10. The Morgan fingerprint density at radius 2 is 1.61 bits per heavy atom. The van der Waals surface area contributed by atoms with E-state index >= 15 is 0 Å². The molecule has 0 saturated heterocycles. The molecule has 3 rings (SSSR count). The van der Waals surface area contributed by atoms with Crippen LogP contribution in [0.3, 0.4) is 0 Å². The summed E-state index contributed by atoms with van der Waals surface area (Å²) >= 11 is 0. The van der Waals surface area contributed by atoms with E-state index in [9.17, 15) is 9.59 Å². The van der Waals surface area contributed by atoms with E-state index in [0.29, 0.717) is 33.7 Å². The van der Waals surface area contributed by atoms with Crippen molar-refractivity contribution in [3.8, 4) is 17.2 Å². The second-order valence-electron chi connectivity index (χ2n) is 6.17. The fraction of sp³-hybridized carbons (Fsp3) is 0.238. The molecule has 1 aromatic heterocycles. The molecule has 7 heteroatoms. The van der Waals surface area contributed by atoms with Gasteiger partial charge in [-0.05, 0) is 12.1 Å². The number of aromatic nitrogens is 1. The van der Waals surface area contributed by atoms with Gasteiger partial charge in [-0.1, -0.05) is 18.2 Å². The Morgan fingerprint density at radius 1 is 0.964 bits per heavy atom. The highest BCUT2D eigenvalue weighted by atomic mass is 16.5. The van der Waals surface area contributed by atoms with Crippen LogP contribution in [0.5, 0.6) is 17.2 Å². The van der Waals surface area contributed by atoms with Gasteiger partial charge in [-0.15, -0.1) is 0 Å². The maximum atomic E-state index is 12.8. The minimum Gasteiger partial charge on any atom is -0.496 e. The van der Waals surface area contributed by atoms with Crippen LogP contribution < -0.4 is 25.1 Å². The number of carbonyl (C=O) groups is 1. The summed E-state index contributed by atoms with van der Waals surface area (Å²) in [6.45, 7) is 0.200. The third kappa shape index (κ3) is 3.51. The zero-order valence-electron chi connectivity index (χ0n) is 16.2. The molecule has 0 unspecified atom stereocenters. The van der Waals surface area contributed by atoms with Crippen molar-refractivity contribution in [3.05, 3.63) is 63.9 Å². The van der Waals surface area contributed by atoms with E-state index < -0.39 is 0 Å². The second-order valence-corrected chi connectivity index (χ2v) is 6.17. The van der Waals surface area contributed by atoms with Gasteiger partial charge in [0, 0.05) is 36.7 Å². The van der Waals surface area contributed by atoms with Crippen LogP contribution in [0.25, 0.3) is 10.9 Å². The molecule has 1 amide bonds. The van der Waals surface area contributed by atoms with Crippen LogP contribution in [0.15, 0.2) is 47.3 Å². The molecule has 7 nitrogen and oxygen atoms in total. The summed E-state index contributed by atoms with van der Waals surface area (Å²) in [6, 6.07) is 12.1.